The van der Waals surface area contributed by atoms with Crippen LogP contribution in [0.4, 0.5) is 11.1 Å². The van der Waals surface area contributed by atoms with Crippen molar-refractivity contribution < 1.29 is 9.53 Å². The molecule has 0 bridgehead atoms. The van der Waals surface area contributed by atoms with Crippen LogP contribution < -0.4 is 9.80 Å². The molecule has 2 aliphatic heterocycles. The summed E-state index contributed by atoms with van der Waals surface area (Å²) in [5, 5.41) is 0.875. The number of ether oxygens (including phenoxy) is 1. The number of carbonyl (C=O) groups is 1. The fourth-order valence-corrected chi connectivity index (χ4v) is 4.56. The molecule has 0 radical (unpaired) electrons. The van der Waals surface area contributed by atoms with Crippen LogP contribution >= 0.6 is 27.3 Å². The number of anilines is 2. The lowest BCUT2D eigenvalue weighted by molar-refractivity contribution is 0.0740. The Kier molecular flexibility index (Phi) is 5.32. The third kappa shape index (κ3) is 3.67. The Hall–Kier alpha value is -1.78. The van der Waals surface area contributed by atoms with Crippen molar-refractivity contribution in [3.63, 3.8) is 0 Å². The highest BCUT2D eigenvalue weighted by molar-refractivity contribution is 9.11. The molecule has 10 heteroatoms. The molecule has 0 N–H and O–H groups in total. The molecule has 2 fully saturated rings. The Labute approximate surface area is 163 Å². The summed E-state index contributed by atoms with van der Waals surface area (Å²) in [6.07, 6.45) is 3.47. The van der Waals surface area contributed by atoms with Gasteiger partial charge in [-0.1, -0.05) is 11.3 Å². The maximum atomic E-state index is 12.9. The van der Waals surface area contributed by atoms with E-state index in [9.17, 15) is 4.79 Å². The molecule has 2 saturated heterocycles. The number of nitrogens with zero attached hydrogens (tertiary/aromatic N) is 6. The molecule has 0 saturated carbocycles. The minimum atomic E-state index is -0.0266. The molecule has 0 atom stereocenters. The van der Waals surface area contributed by atoms with Crippen LogP contribution in [-0.4, -0.2) is 78.2 Å². The topological polar surface area (TPSA) is 74.7 Å². The Bertz CT molecular complexity index is 759. The minimum absolute atomic E-state index is 0.0266. The first-order chi connectivity index (χ1) is 12.7. The number of thiazole rings is 1. The first-order valence-corrected chi connectivity index (χ1v) is 10.1. The number of hydrogen-bond acceptors (Lipinski definition) is 8. The van der Waals surface area contributed by atoms with E-state index in [2.05, 4.69) is 40.7 Å². The quantitative estimate of drug-likeness (QED) is 0.718. The molecule has 0 aliphatic carbocycles. The van der Waals surface area contributed by atoms with E-state index >= 15 is 0 Å². The predicted molar refractivity (Wildman–Crippen MR) is 103 cm³/mol. The normalized spacial score (nSPS) is 18.3. The highest BCUT2D eigenvalue weighted by Gasteiger charge is 2.28. The average Bonchev–Trinajstić information content (AvgIpc) is 3.10. The van der Waals surface area contributed by atoms with Crippen molar-refractivity contribution in [3.8, 4) is 0 Å². The molecule has 138 valence electrons. The van der Waals surface area contributed by atoms with E-state index in [0.717, 1.165) is 22.0 Å². The lowest BCUT2D eigenvalue weighted by Gasteiger charge is -2.34. The van der Waals surface area contributed by atoms with Crippen molar-refractivity contribution in [2.75, 3.05) is 62.3 Å². The maximum Gasteiger partial charge on any atom is 0.274 e. The van der Waals surface area contributed by atoms with Gasteiger partial charge in [-0.2, -0.15) is 0 Å². The molecule has 0 unspecified atom stereocenters. The molecule has 26 heavy (non-hydrogen) atoms. The summed E-state index contributed by atoms with van der Waals surface area (Å²) in [4.78, 5) is 32.2. The molecule has 4 rings (SSSR count). The van der Waals surface area contributed by atoms with Crippen LogP contribution in [0.1, 0.15) is 10.5 Å². The summed E-state index contributed by atoms with van der Waals surface area (Å²) in [5.41, 5.74) is 0.501. The van der Waals surface area contributed by atoms with Crippen LogP contribution in [0, 0.1) is 0 Å². The SMILES string of the molecule is O=C(c1nc(N2CCOCC2)sc1Br)N1CCN(c2ncccn2)CC1. The van der Waals surface area contributed by atoms with Gasteiger partial charge in [0.15, 0.2) is 10.8 Å². The largest absolute Gasteiger partial charge is 0.378 e. The van der Waals surface area contributed by atoms with Gasteiger partial charge in [0, 0.05) is 51.7 Å². The second kappa shape index (κ2) is 7.85. The Morgan fingerprint density at radius 3 is 2.42 bits per heavy atom. The highest BCUT2D eigenvalue weighted by atomic mass is 79.9. The van der Waals surface area contributed by atoms with Gasteiger partial charge in [-0.25, -0.2) is 15.0 Å². The lowest BCUT2D eigenvalue weighted by Crippen LogP contribution is -2.49. The van der Waals surface area contributed by atoms with E-state index < -0.39 is 0 Å². The van der Waals surface area contributed by atoms with Gasteiger partial charge in [-0.15, -0.1) is 0 Å². The van der Waals surface area contributed by atoms with Crippen molar-refractivity contribution >= 4 is 44.3 Å². The molecular weight excluding hydrogens is 420 g/mol. The van der Waals surface area contributed by atoms with E-state index in [-0.39, 0.29) is 5.91 Å². The first kappa shape index (κ1) is 17.6. The second-order valence-corrected chi connectivity index (χ2v) is 8.34. The zero-order valence-corrected chi connectivity index (χ0v) is 16.6. The van der Waals surface area contributed by atoms with Crippen LogP contribution in [0.25, 0.3) is 0 Å². The summed E-state index contributed by atoms with van der Waals surface area (Å²) in [6.45, 7) is 5.71. The molecule has 2 aliphatic rings. The Balaban J connectivity index is 1.41. The lowest BCUT2D eigenvalue weighted by atomic mass is 10.3. The van der Waals surface area contributed by atoms with E-state index in [1.54, 1.807) is 18.5 Å². The van der Waals surface area contributed by atoms with Crippen LogP contribution in [0.3, 0.4) is 0 Å². The van der Waals surface area contributed by atoms with Crippen LogP contribution in [0.5, 0.6) is 0 Å². The van der Waals surface area contributed by atoms with Gasteiger partial charge in [0.25, 0.3) is 5.91 Å². The molecule has 8 nitrogen and oxygen atoms in total. The Morgan fingerprint density at radius 1 is 1.04 bits per heavy atom. The number of amides is 1. The standard InChI is InChI=1S/C16H19BrN6O2S/c17-13-12(20-16(26-13)23-8-10-25-11-9-23)14(24)21-4-6-22(7-5-21)15-18-2-1-3-19-15/h1-3H,4-11H2. The van der Waals surface area contributed by atoms with Gasteiger partial charge in [0.1, 0.15) is 3.79 Å². The van der Waals surface area contributed by atoms with Crippen molar-refractivity contribution in [2.45, 2.75) is 0 Å². The number of morpholine rings is 1. The van der Waals surface area contributed by atoms with Crippen LogP contribution in [0.2, 0.25) is 0 Å². The van der Waals surface area contributed by atoms with Crippen molar-refractivity contribution in [1.82, 2.24) is 19.9 Å². The average molecular weight is 439 g/mol. The summed E-state index contributed by atoms with van der Waals surface area (Å²) in [7, 11) is 0. The number of hydrogen-bond donors (Lipinski definition) is 0. The number of rotatable bonds is 3. The second-order valence-electron chi connectivity index (χ2n) is 6.05. The summed E-state index contributed by atoms with van der Waals surface area (Å²) in [5.74, 6) is 0.685. The molecule has 1 amide bonds. The van der Waals surface area contributed by atoms with Gasteiger partial charge < -0.3 is 19.4 Å². The fourth-order valence-electron chi connectivity index (χ4n) is 3.03. The molecular formula is C16H19BrN6O2S. The highest BCUT2D eigenvalue weighted by Crippen LogP contribution is 2.32. The van der Waals surface area contributed by atoms with Gasteiger partial charge in [-0.3, -0.25) is 4.79 Å². The van der Waals surface area contributed by atoms with E-state index in [0.29, 0.717) is 51.0 Å². The summed E-state index contributed by atoms with van der Waals surface area (Å²) >= 11 is 5.03. The zero-order valence-electron chi connectivity index (χ0n) is 14.2. The van der Waals surface area contributed by atoms with Crippen LogP contribution in [0.15, 0.2) is 22.2 Å². The third-order valence-corrected chi connectivity index (χ3v) is 6.23. The molecule has 2 aromatic heterocycles. The maximum absolute atomic E-state index is 12.9. The summed E-state index contributed by atoms with van der Waals surface area (Å²) < 4.78 is 6.17. The van der Waals surface area contributed by atoms with Gasteiger partial charge in [-0.05, 0) is 22.0 Å². The summed E-state index contributed by atoms with van der Waals surface area (Å²) in [6, 6.07) is 1.80. The number of halogens is 1. The zero-order chi connectivity index (χ0) is 17.9. The first-order valence-electron chi connectivity index (χ1n) is 8.52. The molecule has 4 heterocycles. The smallest absolute Gasteiger partial charge is 0.274 e. The van der Waals surface area contributed by atoms with E-state index in [1.165, 1.54) is 11.3 Å². The monoisotopic (exact) mass is 438 g/mol. The van der Waals surface area contributed by atoms with Gasteiger partial charge >= 0.3 is 0 Å². The number of carbonyl (C=O) groups excluding carboxylic acids is 1. The number of piperazine rings is 1. The van der Waals surface area contributed by atoms with Gasteiger partial charge in [0.05, 0.1) is 13.2 Å². The fraction of sp³-hybridized carbons (Fsp3) is 0.500. The predicted octanol–water partition coefficient (Wildman–Crippen LogP) is 1.49. The van der Waals surface area contributed by atoms with Crippen LogP contribution in [-0.2, 0) is 4.74 Å². The van der Waals surface area contributed by atoms with Crippen molar-refractivity contribution in [3.05, 3.63) is 27.9 Å². The van der Waals surface area contributed by atoms with Crippen molar-refractivity contribution in [1.29, 1.82) is 0 Å². The minimum Gasteiger partial charge on any atom is -0.378 e. The third-order valence-electron chi connectivity index (χ3n) is 4.46. The number of aromatic nitrogens is 3. The molecule has 2 aromatic rings. The van der Waals surface area contributed by atoms with Gasteiger partial charge in [0.2, 0.25) is 5.95 Å². The Morgan fingerprint density at radius 2 is 1.73 bits per heavy atom. The van der Waals surface area contributed by atoms with E-state index in [4.69, 9.17) is 4.74 Å². The molecule has 0 aromatic carbocycles. The van der Waals surface area contributed by atoms with Crippen molar-refractivity contribution in [2.24, 2.45) is 0 Å². The van der Waals surface area contributed by atoms with E-state index in [1.807, 2.05) is 4.90 Å². The molecule has 0 spiro atoms.